The average Bonchev–Trinajstić information content (AvgIpc) is 2.70. The highest BCUT2D eigenvalue weighted by molar-refractivity contribution is 7.92. The third-order valence-corrected chi connectivity index (χ3v) is 6.71. The fourth-order valence-electron chi connectivity index (χ4n) is 2.90. The third kappa shape index (κ3) is 3.40. The number of sulfone groups is 1. The normalized spacial score (nSPS) is 17.4. The molecule has 1 aromatic rings. The lowest BCUT2D eigenvalue weighted by Gasteiger charge is -2.18. The summed E-state index contributed by atoms with van der Waals surface area (Å²) in [4.78, 5) is 11.3. The predicted molar refractivity (Wildman–Crippen MR) is 81.8 cm³/mol. The molecule has 0 atom stereocenters. The molecule has 1 aliphatic carbocycles. The first-order chi connectivity index (χ1) is 9.84. The van der Waals surface area contributed by atoms with Crippen LogP contribution in [0.1, 0.15) is 54.4 Å². The number of carboxylic acid groups (broad SMARTS) is 1. The molecule has 6 heteroatoms. The van der Waals surface area contributed by atoms with Gasteiger partial charge in [-0.1, -0.05) is 37.3 Å². The zero-order valence-electron chi connectivity index (χ0n) is 11.9. The minimum absolute atomic E-state index is 0.0466. The van der Waals surface area contributed by atoms with E-state index >= 15 is 0 Å². The molecule has 0 heterocycles. The highest BCUT2D eigenvalue weighted by atomic mass is 35.5. The summed E-state index contributed by atoms with van der Waals surface area (Å²) in [6.07, 6.45) is 5.18. The Morgan fingerprint density at radius 1 is 1.19 bits per heavy atom. The lowest BCUT2D eigenvalue weighted by molar-refractivity contribution is 0.0696. The first kappa shape index (κ1) is 16.3. The Bertz CT molecular complexity index is 644. The van der Waals surface area contributed by atoms with E-state index in [0.29, 0.717) is 12.8 Å². The van der Waals surface area contributed by atoms with Crippen LogP contribution in [0.15, 0.2) is 17.0 Å². The lowest BCUT2D eigenvalue weighted by Crippen LogP contribution is -2.22. The van der Waals surface area contributed by atoms with Gasteiger partial charge in [-0.2, -0.15) is 0 Å². The second-order valence-electron chi connectivity index (χ2n) is 5.54. The molecular formula is C15H19ClO4S. The Morgan fingerprint density at radius 2 is 1.76 bits per heavy atom. The molecule has 4 nitrogen and oxygen atoms in total. The Balaban J connectivity index is 2.51. The van der Waals surface area contributed by atoms with E-state index in [1.807, 2.05) is 0 Å². The Morgan fingerprint density at radius 3 is 2.29 bits per heavy atom. The summed E-state index contributed by atoms with van der Waals surface area (Å²) in [7, 11) is -3.54. The van der Waals surface area contributed by atoms with Crippen molar-refractivity contribution >= 4 is 27.4 Å². The molecule has 21 heavy (non-hydrogen) atoms. The van der Waals surface area contributed by atoms with Crippen molar-refractivity contribution in [3.05, 3.63) is 28.3 Å². The van der Waals surface area contributed by atoms with Gasteiger partial charge in [-0.05, 0) is 37.5 Å². The third-order valence-electron chi connectivity index (χ3n) is 4.10. The number of halogens is 1. The molecule has 0 aromatic heterocycles. The van der Waals surface area contributed by atoms with Crippen LogP contribution >= 0.6 is 11.6 Å². The molecule has 0 bridgehead atoms. The minimum Gasteiger partial charge on any atom is -0.478 e. The molecule has 1 saturated carbocycles. The van der Waals surface area contributed by atoms with Gasteiger partial charge in [0, 0.05) is 5.02 Å². The van der Waals surface area contributed by atoms with Crippen molar-refractivity contribution in [3.8, 4) is 0 Å². The van der Waals surface area contributed by atoms with E-state index in [1.165, 1.54) is 19.1 Å². The highest BCUT2D eigenvalue weighted by Crippen LogP contribution is 2.32. The second-order valence-corrected chi connectivity index (χ2v) is 8.17. The molecule has 1 aliphatic rings. The number of benzene rings is 1. The fourth-order valence-corrected chi connectivity index (χ4v) is 5.33. The summed E-state index contributed by atoms with van der Waals surface area (Å²) >= 11 is 5.92. The van der Waals surface area contributed by atoms with E-state index in [0.717, 1.165) is 25.7 Å². The van der Waals surface area contributed by atoms with E-state index in [9.17, 15) is 18.3 Å². The van der Waals surface area contributed by atoms with Gasteiger partial charge in [0.05, 0.1) is 15.7 Å². The first-order valence-corrected chi connectivity index (χ1v) is 9.04. The standard InChI is InChI=1S/C15H19ClO4S/c1-10-13(15(17)18)8-11(16)9-14(10)21(19,20)12-6-4-2-3-5-7-12/h8-9,12H,2-7H2,1H3,(H,17,18). The van der Waals surface area contributed by atoms with Gasteiger partial charge in [0.2, 0.25) is 0 Å². The maximum atomic E-state index is 12.8. The molecule has 1 aromatic carbocycles. The molecule has 0 spiro atoms. The molecule has 2 rings (SSSR count). The molecule has 0 radical (unpaired) electrons. The van der Waals surface area contributed by atoms with E-state index < -0.39 is 21.1 Å². The minimum atomic E-state index is -3.54. The Hall–Kier alpha value is -1.07. The number of hydrogen-bond acceptors (Lipinski definition) is 3. The quantitative estimate of drug-likeness (QED) is 0.855. The van der Waals surface area contributed by atoms with Gasteiger partial charge in [-0.25, -0.2) is 13.2 Å². The van der Waals surface area contributed by atoms with Crippen LogP contribution in [0.3, 0.4) is 0 Å². The van der Waals surface area contributed by atoms with Crippen LogP contribution < -0.4 is 0 Å². The summed E-state index contributed by atoms with van der Waals surface area (Å²) < 4.78 is 25.7. The van der Waals surface area contributed by atoms with E-state index in [2.05, 4.69) is 0 Å². The number of rotatable bonds is 3. The van der Waals surface area contributed by atoms with Crippen LogP contribution in [0.2, 0.25) is 5.02 Å². The van der Waals surface area contributed by atoms with Crippen LogP contribution in [0.4, 0.5) is 0 Å². The van der Waals surface area contributed by atoms with Gasteiger partial charge in [0.15, 0.2) is 9.84 Å². The van der Waals surface area contributed by atoms with E-state index in [-0.39, 0.29) is 21.0 Å². The molecular weight excluding hydrogens is 312 g/mol. The van der Waals surface area contributed by atoms with Gasteiger partial charge < -0.3 is 5.11 Å². The van der Waals surface area contributed by atoms with Crippen LogP contribution in [0.25, 0.3) is 0 Å². The summed E-state index contributed by atoms with van der Waals surface area (Å²) in [5, 5.41) is 8.89. The fraction of sp³-hybridized carbons (Fsp3) is 0.533. The van der Waals surface area contributed by atoms with Crippen LogP contribution in [-0.2, 0) is 9.84 Å². The first-order valence-electron chi connectivity index (χ1n) is 7.11. The van der Waals surface area contributed by atoms with E-state index in [4.69, 9.17) is 11.6 Å². The van der Waals surface area contributed by atoms with Gasteiger partial charge in [0.1, 0.15) is 0 Å². The molecule has 0 amide bonds. The van der Waals surface area contributed by atoms with Crippen molar-refractivity contribution in [1.82, 2.24) is 0 Å². The predicted octanol–water partition coefficient (Wildman–Crippen LogP) is 3.84. The molecule has 0 saturated heterocycles. The topological polar surface area (TPSA) is 71.4 Å². The maximum Gasteiger partial charge on any atom is 0.336 e. The van der Waals surface area contributed by atoms with Crippen LogP contribution in [-0.4, -0.2) is 24.7 Å². The molecule has 0 unspecified atom stereocenters. The Labute approximate surface area is 130 Å². The van der Waals surface area contributed by atoms with Crippen molar-refractivity contribution in [1.29, 1.82) is 0 Å². The SMILES string of the molecule is Cc1c(C(=O)O)cc(Cl)cc1S(=O)(=O)C1CCCCCC1. The largest absolute Gasteiger partial charge is 0.478 e. The monoisotopic (exact) mass is 330 g/mol. The number of carbonyl (C=O) groups is 1. The second kappa shape index (κ2) is 6.36. The molecule has 1 N–H and O–H groups in total. The van der Waals surface area contributed by atoms with Gasteiger partial charge >= 0.3 is 5.97 Å². The van der Waals surface area contributed by atoms with Gasteiger partial charge in [-0.3, -0.25) is 0 Å². The lowest BCUT2D eigenvalue weighted by atomic mass is 10.1. The molecule has 116 valence electrons. The van der Waals surface area contributed by atoms with Gasteiger partial charge in [-0.15, -0.1) is 0 Å². The summed E-state index contributed by atoms with van der Waals surface area (Å²) in [6.45, 7) is 1.53. The van der Waals surface area contributed by atoms with Crippen molar-refractivity contribution in [2.24, 2.45) is 0 Å². The summed E-state index contributed by atoms with van der Waals surface area (Å²) in [5.41, 5.74) is 0.228. The Kier molecular flexibility index (Phi) is 4.94. The zero-order chi connectivity index (χ0) is 15.6. The number of carboxylic acids is 1. The zero-order valence-corrected chi connectivity index (χ0v) is 13.5. The van der Waals surface area contributed by atoms with Crippen molar-refractivity contribution < 1.29 is 18.3 Å². The van der Waals surface area contributed by atoms with Gasteiger partial charge in [0.25, 0.3) is 0 Å². The van der Waals surface area contributed by atoms with Crippen molar-refractivity contribution in [3.63, 3.8) is 0 Å². The highest BCUT2D eigenvalue weighted by Gasteiger charge is 2.31. The molecule has 0 aliphatic heterocycles. The number of aromatic carboxylic acids is 1. The van der Waals surface area contributed by atoms with Crippen LogP contribution in [0.5, 0.6) is 0 Å². The van der Waals surface area contributed by atoms with E-state index in [1.54, 1.807) is 0 Å². The average molecular weight is 331 g/mol. The summed E-state index contributed by atoms with van der Waals surface area (Å²) in [6, 6.07) is 2.68. The smallest absolute Gasteiger partial charge is 0.336 e. The van der Waals surface area contributed by atoms with Crippen LogP contribution in [0, 0.1) is 6.92 Å². The molecule has 1 fully saturated rings. The van der Waals surface area contributed by atoms with Crippen molar-refractivity contribution in [2.45, 2.75) is 55.6 Å². The van der Waals surface area contributed by atoms with Crippen molar-refractivity contribution in [2.75, 3.05) is 0 Å². The maximum absolute atomic E-state index is 12.8. The number of hydrogen-bond donors (Lipinski definition) is 1. The summed E-state index contributed by atoms with van der Waals surface area (Å²) in [5.74, 6) is -1.16.